The van der Waals surface area contributed by atoms with Gasteiger partial charge in [0.2, 0.25) is 0 Å². The Kier molecular flexibility index (Phi) is 11.5. The first-order valence-corrected chi connectivity index (χ1v) is 24.8. The van der Waals surface area contributed by atoms with Crippen molar-refractivity contribution in [3.8, 4) is 0 Å². The molecule has 73 heavy (non-hydrogen) atoms. The monoisotopic (exact) mass is 967 g/mol. The fourth-order valence-corrected chi connectivity index (χ4v) is 10.6. The number of fused-ring (bicyclic) bond motifs is 18. The zero-order chi connectivity index (χ0) is 51.9. The zero-order valence-electron chi connectivity index (χ0n) is 42.1. The molecule has 6 bridgehead atoms. The van der Waals surface area contributed by atoms with Crippen LogP contribution in [0.25, 0.3) is 64.6 Å². The molecule has 2 aromatic heterocycles. The van der Waals surface area contributed by atoms with E-state index in [2.05, 4.69) is 0 Å². The van der Waals surface area contributed by atoms with Gasteiger partial charge in [-0.3, -0.25) is 9.13 Å². The Balaban J connectivity index is 0.000000731. The second-order valence-electron chi connectivity index (χ2n) is 16.7. The van der Waals surface area contributed by atoms with Gasteiger partial charge in [-0.1, -0.05) is 152 Å². The highest BCUT2D eigenvalue weighted by molar-refractivity contribution is 6.35. The van der Waals surface area contributed by atoms with Crippen LogP contribution < -0.4 is 56.8 Å². The Morgan fingerprint density at radius 2 is 0.521 bits per heavy atom. The molecule has 0 fully saturated rings. The van der Waals surface area contributed by atoms with Crippen LogP contribution in [0.2, 0.25) is 0 Å². The molecule has 0 atom stereocenters. The predicted octanol–water partition coefficient (Wildman–Crippen LogP) is 10.4. The Labute approximate surface area is 420 Å². The van der Waals surface area contributed by atoms with Crippen molar-refractivity contribution in [3.05, 3.63) is 130 Å². The van der Waals surface area contributed by atoms with E-state index in [4.69, 9.17) is 75.8 Å². The molecule has 4 aliphatic heterocycles. The lowest BCUT2D eigenvalue weighted by molar-refractivity contribution is 0.584. The van der Waals surface area contributed by atoms with E-state index in [1.54, 1.807) is 0 Å². The summed E-state index contributed by atoms with van der Waals surface area (Å²) in [5.41, 5.74) is 64.2. The van der Waals surface area contributed by atoms with Crippen LogP contribution in [0.1, 0.15) is 77.6 Å². The maximum Gasteiger partial charge on any atom is 0.166 e. The molecule has 0 saturated heterocycles. The number of hydrogen-bond acceptors (Lipinski definition) is 14. The van der Waals surface area contributed by atoms with E-state index in [9.17, 15) is 0 Å². The second kappa shape index (κ2) is 17.8. The minimum atomic E-state index is 0.0107. The van der Waals surface area contributed by atoms with Crippen LogP contribution >= 0.6 is 0 Å². The molecule has 16 heteroatoms. The number of nitrogens with two attached hydrogens (primary N) is 8. The number of aromatic nitrogens is 2. The van der Waals surface area contributed by atoms with Crippen molar-refractivity contribution in [2.75, 3.05) is 45.9 Å². The number of aliphatic imine (C=N–C) groups is 4. The Morgan fingerprint density at radius 1 is 0.288 bits per heavy atom. The second-order valence-corrected chi connectivity index (χ2v) is 16.7. The quantitative estimate of drug-likeness (QED) is 0.0533. The fraction of sp³-hybridized carbons (Fsp3) is 0.158. The average Bonchev–Trinajstić information content (AvgIpc) is 4.16. The van der Waals surface area contributed by atoms with Gasteiger partial charge in [0.15, 0.2) is 23.3 Å². The summed E-state index contributed by atoms with van der Waals surface area (Å²) in [6.45, 7) is 16.0. The smallest absolute Gasteiger partial charge is 0.166 e. The van der Waals surface area contributed by atoms with Crippen molar-refractivity contribution in [1.29, 1.82) is 0 Å². The van der Waals surface area contributed by atoms with Gasteiger partial charge in [0, 0.05) is 43.1 Å². The van der Waals surface area contributed by atoms with Gasteiger partial charge < -0.3 is 45.9 Å². The molecule has 0 spiro atoms. The van der Waals surface area contributed by atoms with Crippen molar-refractivity contribution in [3.63, 3.8) is 0 Å². The van der Waals surface area contributed by atoms with Gasteiger partial charge in [-0.2, -0.15) is 0 Å². The first kappa shape index (κ1) is 47.2. The molecule has 0 saturated carbocycles. The van der Waals surface area contributed by atoms with Gasteiger partial charge in [0.25, 0.3) is 0 Å². The molecule has 0 radical (unpaired) electrons. The molecule has 366 valence electrons. The minimum Gasteiger partial charge on any atom is -0.398 e. The first-order valence-electron chi connectivity index (χ1n) is 24.8. The predicted molar refractivity (Wildman–Crippen MR) is 311 cm³/mol. The molecule has 4 aliphatic rings. The van der Waals surface area contributed by atoms with E-state index >= 15 is 0 Å². The van der Waals surface area contributed by atoms with Crippen LogP contribution in [0, 0.1) is 0 Å². The summed E-state index contributed by atoms with van der Waals surface area (Å²) in [4.78, 5) is 32.1. The molecule has 0 amide bonds. The molecule has 8 aromatic carbocycles. The largest absolute Gasteiger partial charge is 0.398 e. The van der Waals surface area contributed by atoms with Crippen LogP contribution in [0.3, 0.4) is 0 Å². The van der Waals surface area contributed by atoms with Gasteiger partial charge >= 0.3 is 0 Å². The molecule has 0 aliphatic carbocycles. The molecular formula is C57H58N16. The molecule has 16 N–H and O–H groups in total. The van der Waals surface area contributed by atoms with Crippen molar-refractivity contribution in [2.45, 2.75) is 62.1 Å². The normalized spacial score (nSPS) is 13.3. The molecular weight excluding hydrogens is 909 g/mol. The van der Waals surface area contributed by atoms with Crippen LogP contribution in [-0.2, 0) is 6.67 Å². The van der Waals surface area contributed by atoms with Crippen molar-refractivity contribution >= 4 is 145 Å². The highest BCUT2D eigenvalue weighted by Crippen LogP contribution is 2.51. The third-order valence-corrected chi connectivity index (χ3v) is 13.5. The Bertz CT molecular complexity index is 4030. The van der Waals surface area contributed by atoms with Crippen LogP contribution in [0.15, 0.2) is 127 Å². The van der Waals surface area contributed by atoms with Gasteiger partial charge in [-0.25, -0.2) is 30.0 Å². The number of rotatable bonds is 0. The standard InChI is InChI=1S/C49H34N16.4C2H6/c50-34-18-9-1-2-10-19(18)35(51)27-26(34)42-58-43(27)61-47-32-33(41(57)25-16-8-7-15-24(25)40(32)56)49-63-45-29-28(36(52)20-11-3-4-12-21(20)37(29)53)44(59-45)62-48-31-30(46(60-42)64(48)17-65(47)49)38(54)22-13-5-6-14-23(22)39(31)55;4*1-2/h1-16H,17,50-57H2;4*1-2H3. The summed E-state index contributed by atoms with van der Waals surface area (Å²) < 4.78 is 3.86. The lowest BCUT2D eigenvalue weighted by Gasteiger charge is -2.13. The molecule has 0 unspecified atom stereocenters. The van der Waals surface area contributed by atoms with E-state index in [1.165, 1.54) is 0 Å². The van der Waals surface area contributed by atoms with E-state index < -0.39 is 0 Å². The average molecular weight is 967 g/mol. The highest BCUT2D eigenvalue weighted by atomic mass is 15.3. The number of hydrogen-bond donors (Lipinski definition) is 8. The molecule has 6 heterocycles. The van der Waals surface area contributed by atoms with Crippen molar-refractivity contribution in [2.24, 2.45) is 30.0 Å². The van der Waals surface area contributed by atoms with Crippen molar-refractivity contribution < 1.29 is 0 Å². The summed E-state index contributed by atoms with van der Waals surface area (Å²) in [6.07, 6.45) is 0. The summed E-state index contributed by atoms with van der Waals surface area (Å²) in [5, 5.41) is 8.06. The first-order chi connectivity index (χ1) is 35.6. The maximum absolute atomic E-state index is 7.31. The Hall–Kier alpha value is -9.44. The van der Waals surface area contributed by atoms with Crippen molar-refractivity contribution in [1.82, 2.24) is 9.13 Å². The molecule has 10 aromatic rings. The number of nitrogen functional groups attached to an aromatic ring is 8. The van der Waals surface area contributed by atoms with Crippen LogP contribution in [0.4, 0.5) is 57.1 Å². The summed E-state index contributed by atoms with van der Waals surface area (Å²) in [5.74, 6) is 1.87. The number of nitrogens with zero attached hydrogens (tertiary/aromatic N) is 8. The minimum absolute atomic E-state index is 0.0107. The van der Waals surface area contributed by atoms with E-state index in [-0.39, 0.29) is 30.0 Å². The summed E-state index contributed by atoms with van der Waals surface area (Å²) >= 11 is 0. The van der Waals surface area contributed by atoms with Gasteiger partial charge in [0.1, 0.15) is 29.3 Å². The number of anilines is 8. The van der Waals surface area contributed by atoms with E-state index in [0.29, 0.717) is 112 Å². The lowest BCUT2D eigenvalue weighted by atomic mass is 9.96. The van der Waals surface area contributed by atoms with E-state index in [0.717, 1.165) is 43.1 Å². The highest BCUT2D eigenvalue weighted by Gasteiger charge is 2.36. The van der Waals surface area contributed by atoms with Gasteiger partial charge in [-0.05, 0) is 0 Å². The van der Waals surface area contributed by atoms with Gasteiger partial charge in [0.05, 0.1) is 89.3 Å². The molecule has 14 rings (SSSR count). The Morgan fingerprint density at radius 3 is 0.795 bits per heavy atom. The number of amidine groups is 4. The third-order valence-electron chi connectivity index (χ3n) is 13.5. The van der Waals surface area contributed by atoms with E-state index in [1.807, 2.05) is 162 Å². The summed E-state index contributed by atoms with van der Waals surface area (Å²) in [6, 6.07) is 30.8. The zero-order valence-corrected chi connectivity index (χ0v) is 42.1. The topological polar surface area (TPSA) is 292 Å². The maximum atomic E-state index is 7.31. The van der Waals surface area contributed by atoms with Crippen LogP contribution in [0.5, 0.6) is 0 Å². The van der Waals surface area contributed by atoms with Gasteiger partial charge in [-0.15, -0.1) is 0 Å². The molecule has 16 nitrogen and oxygen atoms in total. The third kappa shape index (κ3) is 6.32. The SMILES string of the molecule is CC.CC.CC.CC.Nc1c2c(c(N)c3ccccc13)C1=Nc3c4c(N)c5ccccc5c(N)c4c4n3Cn3c(c5c(N)c6ccccc6c(N)c5c3=NC3=NC(=N4)c4c3c(N)c3ccccc3c4N)=NC2=N1. The van der Waals surface area contributed by atoms with Crippen LogP contribution in [-0.4, -0.2) is 32.5 Å². The fourth-order valence-electron chi connectivity index (χ4n) is 10.6. The summed E-state index contributed by atoms with van der Waals surface area (Å²) in [7, 11) is 0. The lowest BCUT2D eigenvalue weighted by Crippen LogP contribution is -2.32. The number of benzene rings is 8.